The molecule has 0 radical (unpaired) electrons. The van der Waals surface area contributed by atoms with Crippen molar-refractivity contribution >= 4 is 17.2 Å². The van der Waals surface area contributed by atoms with Crippen LogP contribution in [0.3, 0.4) is 0 Å². The minimum absolute atomic E-state index is 0.515. The van der Waals surface area contributed by atoms with E-state index >= 15 is 0 Å². The van der Waals surface area contributed by atoms with Crippen LogP contribution in [0.1, 0.15) is 0 Å². The first-order valence-corrected chi connectivity index (χ1v) is 6.12. The van der Waals surface area contributed by atoms with E-state index in [1.165, 1.54) is 8.58 Å². The van der Waals surface area contributed by atoms with Crippen molar-refractivity contribution in [1.29, 1.82) is 0 Å². The Labute approximate surface area is 42.7 Å². The van der Waals surface area contributed by atoms with Gasteiger partial charge in [0.05, 0.1) is 0 Å². The van der Waals surface area contributed by atoms with Crippen molar-refractivity contribution in [1.82, 2.24) is 0 Å². The molecule has 1 aliphatic heterocycles. The van der Waals surface area contributed by atoms with Crippen molar-refractivity contribution in [2.75, 3.05) is 24.6 Å². The molecular weight excluding hydrogens is 110 g/mol. The van der Waals surface area contributed by atoms with Crippen molar-refractivity contribution < 1.29 is 0 Å². The van der Waals surface area contributed by atoms with Crippen LogP contribution in [0.25, 0.3) is 0 Å². The van der Waals surface area contributed by atoms with E-state index in [2.05, 4.69) is 0 Å². The van der Waals surface area contributed by atoms with E-state index in [4.69, 9.17) is 0 Å². The maximum absolute atomic E-state index is 1.65. The van der Waals surface area contributed by atoms with E-state index in [0.717, 1.165) is 0 Å². The van der Waals surface area contributed by atoms with Gasteiger partial charge in [0, 0.05) is 0 Å². The molecule has 0 aromatic heterocycles. The summed E-state index contributed by atoms with van der Waals surface area (Å²) < 4.78 is 0. The zero-order chi connectivity index (χ0) is 4.24. The van der Waals surface area contributed by atoms with Crippen molar-refractivity contribution in [3.63, 3.8) is 0 Å². The first-order chi connectivity index (χ1) is 3.00. The number of rotatable bonds is 0. The average molecular weight is 122 g/mol. The molecule has 0 nitrogen and oxygen atoms in total. The van der Waals surface area contributed by atoms with E-state index in [9.17, 15) is 0 Å². The summed E-state index contributed by atoms with van der Waals surface area (Å²) in [6.45, 7) is 0. The maximum atomic E-state index is 1.65. The second-order valence-electron chi connectivity index (χ2n) is 1.81. The van der Waals surface area contributed by atoms with Crippen molar-refractivity contribution in [3.8, 4) is 0 Å². The molecule has 0 N–H and O–H groups in total. The van der Waals surface area contributed by atoms with Gasteiger partial charge in [0.1, 0.15) is 0 Å². The molecule has 0 aromatic carbocycles. The van der Waals surface area contributed by atoms with E-state index in [1.807, 2.05) is 0 Å². The summed E-state index contributed by atoms with van der Waals surface area (Å²) in [5.41, 5.74) is 0. The normalized spacial score (nSPS) is 29.3. The minimum atomic E-state index is 0.515. The molecule has 0 amide bonds. The second kappa shape index (κ2) is 2.94. The molecule has 1 fully saturated rings. The summed E-state index contributed by atoms with van der Waals surface area (Å²) in [6, 6.07) is 0. The third-order valence-corrected chi connectivity index (χ3v) is 5.74. The summed E-state index contributed by atoms with van der Waals surface area (Å²) in [4.78, 5) is 0. The van der Waals surface area contributed by atoms with Crippen molar-refractivity contribution in [2.45, 2.75) is 0 Å². The Morgan fingerprint density at radius 3 is 2.00 bits per heavy atom. The number of hydrogen-bond acceptors (Lipinski definition) is 0. The van der Waals surface area contributed by atoms with Gasteiger partial charge in [0.2, 0.25) is 0 Å². The van der Waals surface area contributed by atoms with Gasteiger partial charge in [-0.05, 0) is 0 Å². The molecule has 1 aliphatic rings. The van der Waals surface area contributed by atoms with Crippen LogP contribution in [0.4, 0.5) is 0 Å². The van der Waals surface area contributed by atoms with Crippen LogP contribution in [0.5, 0.6) is 0 Å². The molecule has 0 spiro atoms. The van der Waals surface area contributed by atoms with E-state index in [0.29, 0.717) is 8.58 Å². The summed E-state index contributed by atoms with van der Waals surface area (Å²) in [5, 5.41) is 0. The molecule has 2 heteroatoms. The third kappa shape index (κ3) is 1.54. The van der Waals surface area contributed by atoms with Gasteiger partial charge in [-0.3, -0.25) is 0 Å². The molecule has 38 valence electrons. The van der Waals surface area contributed by atoms with Crippen molar-refractivity contribution in [2.24, 2.45) is 0 Å². The Balaban J connectivity index is 2.00. The Morgan fingerprint density at radius 2 is 1.83 bits per heavy atom. The Bertz CT molecular complexity index is 21.0. The van der Waals surface area contributed by atoms with Crippen LogP contribution in [0, 0.1) is 0 Å². The molecule has 6 heavy (non-hydrogen) atoms. The van der Waals surface area contributed by atoms with Gasteiger partial charge in [0.15, 0.2) is 0 Å². The second-order valence-corrected chi connectivity index (χ2v) is 5.43. The van der Waals surface area contributed by atoms with Gasteiger partial charge in [0.25, 0.3) is 0 Å². The summed E-state index contributed by atoms with van der Waals surface area (Å²) >= 11 is 0. The molecule has 1 saturated heterocycles. The Hall–Kier alpha value is 0.860. The monoisotopic (exact) mass is 122 g/mol. The van der Waals surface area contributed by atoms with Gasteiger partial charge < -0.3 is 0 Å². The van der Waals surface area contributed by atoms with Crippen LogP contribution in [-0.4, -0.2) is 24.6 Å². The quantitative estimate of drug-likeness (QED) is 0.417. The van der Waals surface area contributed by atoms with Gasteiger partial charge in [-0.15, -0.1) is 0 Å². The molecule has 1 heterocycles. The van der Waals surface area contributed by atoms with Crippen LogP contribution in [0.15, 0.2) is 0 Å². The molecular formula is C4H12P2. The summed E-state index contributed by atoms with van der Waals surface area (Å²) in [6.07, 6.45) is 6.48. The standard InChI is InChI=1S/C4H12P2/c1-2-6-4-3-5-1/h5H,1-4H2,6H3. The van der Waals surface area contributed by atoms with Crippen LogP contribution < -0.4 is 0 Å². The molecule has 0 saturated carbocycles. The van der Waals surface area contributed by atoms with Gasteiger partial charge in [-0.25, -0.2) is 0 Å². The molecule has 0 bridgehead atoms. The Kier molecular flexibility index (Phi) is 2.45. The topological polar surface area (TPSA) is 0 Å². The molecule has 0 aliphatic carbocycles. The third-order valence-electron chi connectivity index (χ3n) is 1.21. The van der Waals surface area contributed by atoms with E-state index in [1.54, 1.807) is 24.6 Å². The first-order valence-electron chi connectivity index (χ1n) is 2.71. The fourth-order valence-corrected chi connectivity index (χ4v) is 5.41. The molecule has 0 aromatic rings. The van der Waals surface area contributed by atoms with E-state index in [-0.39, 0.29) is 0 Å². The predicted molar refractivity (Wildman–Crippen MR) is 38.9 cm³/mol. The van der Waals surface area contributed by atoms with Gasteiger partial charge in [-0.2, -0.15) is 0 Å². The van der Waals surface area contributed by atoms with Gasteiger partial charge >= 0.3 is 41.8 Å². The van der Waals surface area contributed by atoms with Crippen molar-refractivity contribution in [3.05, 3.63) is 0 Å². The molecule has 0 atom stereocenters. The summed E-state index contributed by atoms with van der Waals surface area (Å²) in [5.74, 6) is 0. The summed E-state index contributed by atoms with van der Waals surface area (Å²) in [7, 11) is 1.85. The average Bonchev–Trinajstić information content (AvgIpc) is 1.72. The fourth-order valence-electron chi connectivity index (χ4n) is 0.802. The fraction of sp³-hybridized carbons (Fsp3) is 1.00. The number of hydrogen-bond donors (Lipinski definition) is 0. The van der Waals surface area contributed by atoms with Crippen LogP contribution in [-0.2, 0) is 0 Å². The Morgan fingerprint density at radius 1 is 1.17 bits per heavy atom. The van der Waals surface area contributed by atoms with Crippen LogP contribution in [0.2, 0.25) is 0 Å². The van der Waals surface area contributed by atoms with Crippen LogP contribution >= 0.6 is 17.2 Å². The zero-order valence-electron chi connectivity index (χ0n) is 4.04. The predicted octanol–water partition coefficient (Wildman–Crippen LogP) is 0.822. The first kappa shape index (κ1) is 5.01. The zero-order valence-corrected chi connectivity index (χ0v) is 6.45. The van der Waals surface area contributed by atoms with E-state index < -0.39 is 0 Å². The molecule has 0 unspecified atom stereocenters. The molecule has 1 rings (SSSR count). The van der Waals surface area contributed by atoms with Gasteiger partial charge in [-0.1, -0.05) is 0 Å². The SMILES string of the molecule is C1C[PH3]CCP1.